The van der Waals surface area contributed by atoms with E-state index in [-0.39, 0.29) is 6.10 Å². The largest absolute Gasteiger partial charge is 0.509 e. The van der Waals surface area contributed by atoms with Crippen LogP contribution in [0.1, 0.15) is 6.42 Å². The van der Waals surface area contributed by atoms with Crippen molar-refractivity contribution >= 4 is 18.1 Å². The van der Waals surface area contributed by atoms with Gasteiger partial charge in [-0.1, -0.05) is 24.3 Å². The Morgan fingerprint density at radius 3 is 2.76 bits per heavy atom. The topological polar surface area (TPSA) is 47.9 Å². The van der Waals surface area contributed by atoms with Crippen molar-refractivity contribution < 1.29 is 14.3 Å². The molecule has 0 bridgehead atoms. The molecule has 1 aliphatic rings. The number of carbonyl (C=O) groups is 1. The number of para-hydroxylation sites is 1. The molecule has 2 unspecified atom stereocenters. The molecular weight excluding hydrogens is 218 g/mol. The van der Waals surface area contributed by atoms with Crippen molar-refractivity contribution in [3.63, 3.8) is 0 Å². The van der Waals surface area contributed by atoms with E-state index in [1.807, 2.05) is 30.3 Å². The Bertz CT molecular complexity index is 428. The van der Waals surface area contributed by atoms with Crippen molar-refractivity contribution in [2.45, 2.75) is 18.6 Å². The predicted octanol–water partition coefficient (Wildman–Crippen LogP) is 2.87. The number of aliphatic imine (C=N–C) groups is 1. The van der Waals surface area contributed by atoms with Crippen molar-refractivity contribution in [2.75, 3.05) is 0 Å². The van der Waals surface area contributed by atoms with E-state index in [9.17, 15) is 4.79 Å². The normalized spacial score (nSPS) is 23.4. The highest BCUT2D eigenvalue weighted by Gasteiger charge is 2.34. The number of benzene rings is 1. The van der Waals surface area contributed by atoms with Crippen LogP contribution in [0.3, 0.4) is 0 Å². The molecule has 4 nitrogen and oxygen atoms in total. The zero-order valence-electron chi connectivity index (χ0n) is 9.28. The van der Waals surface area contributed by atoms with Crippen LogP contribution in [0.15, 0.2) is 48.0 Å². The molecule has 1 saturated heterocycles. The Labute approximate surface area is 99.6 Å². The number of rotatable bonds is 4. The van der Waals surface area contributed by atoms with Crippen LogP contribution in [0.5, 0.6) is 0 Å². The monoisotopic (exact) mass is 231 g/mol. The Morgan fingerprint density at radius 1 is 1.29 bits per heavy atom. The molecule has 0 spiro atoms. The zero-order chi connectivity index (χ0) is 12.1. The lowest BCUT2D eigenvalue weighted by molar-refractivity contribution is 0.118. The molecule has 17 heavy (non-hydrogen) atoms. The molecular formula is C13H13NO3. The first-order chi connectivity index (χ1) is 8.29. The Balaban J connectivity index is 2.04. The smallest absolute Gasteiger partial charge is 0.426 e. The van der Waals surface area contributed by atoms with Gasteiger partial charge < -0.3 is 9.47 Å². The van der Waals surface area contributed by atoms with E-state index in [2.05, 4.69) is 11.6 Å². The van der Waals surface area contributed by atoms with E-state index in [0.717, 1.165) is 5.69 Å². The zero-order valence-corrected chi connectivity index (χ0v) is 9.28. The Hall–Kier alpha value is -2.10. The minimum Gasteiger partial charge on any atom is -0.426 e. The van der Waals surface area contributed by atoms with E-state index in [0.29, 0.717) is 6.42 Å². The van der Waals surface area contributed by atoms with E-state index < -0.39 is 12.3 Å². The number of cyclic esters (lactones) is 2. The van der Waals surface area contributed by atoms with E-state index in [1.165, 1.54) is 0 Å². The lowest BCUT2D eigenvalue weighted by atomic mass is 10.1. The summed E-state index contributed by atoms with van der Waals surface area (Å²) in [5.41, 5.74) is 0.813. The Kier molecular flexibility index (Phi) is 3.55. The summed E-state index contributed by atoms with van der Waals surface area (Å²) in [5.74, 6) is 0. The second kappa shape index (κ2) is 5.30. The molecule has 1 fully saturated rings. The highest BCUT2D eigenvalue weighted by Crippen LogP contribution is 2.18. The van der Waals surface area contributed by atoms with Crippen LogP contribution < -0.4 is 0 Å². The Morgan fingerprint density at radius 2 is 2.06 bits per heavy atom. The van der Waals surface area contributed by atoms with Gasteiger partial charge in [-0.25, -0.2) is 4.79 Å². The van der Waals surface area contributed by atoms with Crippen LogP contribution in [0.25, 0.3) is 0 Å². The predicted molar refractivity (Wildman–Crippen MR) is 64.6 cm³/mol. The average molecular weight is 231 g/mol. The standard InChI is InChI=1S/C13H13NO3/c1-2-6-11-12(17-13(15)16-11)9-14-10-7-4-3-5-8-10/h2-5,7-9,11-12H,1,6H2. The maximum Gasteiger partial charge on any atom is 0.509 e. The van der Waals surface area contributed by atoms with Crippen molar-refractivity contribution in [3.8, 4) is 0 Å². The first kappa shape index (κ1) is 11.4. The fourth-order valence-corrected chi connectivity index (χ4v) is 1.55. The van der Waals surface area contributed by atoms with Gasteiger partial charge in [-0.15, -0.1) is 6.58 Å². The van der Waals surface area contributed by atoms with E-state index in [1.54, 1.807) is 12.3 Å². The highest BCUT2D eigenvalue weighted by atomic mass is 16.8. The number of hydrogen-bond donors (Lipinski definition) is 0. The van der Waals surface area contributed by atoms with Crippen LogP contribution in [-0.4, -0.2) is 24.6 Å². The van der Waals surface area contributed by atoms with Crippen molar-refractivity contribution in [1.29, 1.82) is 0 Å². The second-order valence-electron chi connectivity index (χ2n) is 3.63. The van der Waals surface area contributed by atoms with Gasteiger partial charge in [0, 0.05) is 12.6 Å². The number of carbonyl (C=O) groups excluding carboxylic acids is 1. The molecule has 1 aromatic rings. The van der Waals surface area contributed by atoms with Gasteiger partial charge in [0.25, 0.3) is 0 Å². The molecule has 0 amide bonds. The number of nitrogens with zero attached hydrogens (tertiary/aromatic N) is 1. The average Bonchev–Trinajstić information content (AvgIpc) is 2.69. The van der Waals surface area contributed by atoms with Gasteiger partial charge in [-0.2, -0.15) is 0 Å². The maximum atomic E-state index is 11.0. The summed E-state index contributed by atoms with van der Waals surface area (Å²) in [7, 11) is 0. The summed E-state index contributed by atoms with van der Waals surface area (Å²) < 4.78 is 9.97. The van der Waals surface area contributed by atoms with Gasteiger partial charge in [0.05, 0.1) is 5.69 Å². The highest BCUT2D eigenvalue weighted by molar-refractivity contribution is 5.75. The first-order valence-corrected chi connectivity index (χ1v) is 5.37. The third-order valence-corrected chi connectivity index (χ3v) is 2.37. The van der Waals surface area contributed by atoms with Crippen LogP contribution in [0.4, 0.5) is 10.5 Å². The molecule has 1 aromatic carbocycles. The summed E-state index contributed by atoms with van der Waals surface area (Å²) in [4.78, 5) is 15.2. The van der Waals surface area contributed by atoms with E-state index in [4.69, 9.17) is 9.47 Å². The molecule has 0 radical (unpaired) electrons. The number of ether oxygens (including phenoxy) is 2. The van der Waals surface area contributed by atoms with Crippen molar-refractivity contribution in [1.82, 2.24) is 0 Å². The fourth-order valence-electron chi connectivity index (χ4n) is 1.55. The third-order valence-electron chi connectivity index (χ3n) is 2.37. The number of hydrogen-bond acceptors (Lipinski definition) is 4. The SMILES string of the molecule is C=CCC1OC(=O)OC1C=Nc1ccccc1. The lowest BCUT2D eigenvalue weighted by Gasteiger charge is -2.08. The molecule has 0 N–H and O–H groups in total. The minimum atomic E-state index is -0.652. The third kappa shape index (κ3) is 2.93. The van der Waals surface area contributed by atoms with Crippen molar-refractivity contribution in [2.24, 2.45) is 4.99 Å². The van der Waals surface area contributed by atoms with Gasteiger partial charge in [0.2, 0.25) is 0 Å². The molecule has 0 aliphatic carbocycles. The molecule has 88 valence electrons. The maximum absolute atomic E-state index is 11.0. The van der Waals surface area contributed by atoms with Gasteiger partial charge in [0.1, 0.15) is 0 Å². The van der Waals surface area contributed by atoms with Crippen molar-refractivity contribution in [3.05, 3.63) is 43.0 Å². The van der Waals surface area contributed by atoms with Crippen LogP contribution >= 0.6 is 0 Å². The summed E-state index contributed by atoms with van der Waals surface area (Å²) in [5, 5.41) is 0. The molecule has 2 rings (SSSR count). The molecule has 2 atom stereocenters. The molecule has 0 saturated carbocycles. The van der Waals surface area contributed by atoms with Gasteiger partial charge in [0.15, 0.2) is 12.2 Å². The van der Waals surface area contributed by atoms with Gasteiger partial charge in [-0.3, -0.25) is 4.99 Å². The quantitative estimate of drug-likeness (QED) is 0.454. The molecule has 1 aliphatic heterocycles. The molecule has 4 heteroatoms. The van der Waals surface area contributed by atoms with Gasteiger partial charge in [-0.05, 0) is 12.1 Å². The summed E-state index contributed by atoms with van der Waals surface area (Å²) in [6.45, 7) is 3.61. The molecule has 0 aromatic heterocycles. The van der Waals surface area contributed by atoms with E-state index >= 15 is 0 Å². The van der Waals surface area contributed by atoms with Gasteiger partial charge >= 0.3 is 6.16 Å². The fraction of sp³-hybridized carbons (Fsp3) is 0.231. The second-order valence-corrected chi connectivity index (χ2v) is 3.63. The summed E-state index contributed by atoms with van der Waals surface area (Å²) >= 11 is 0. The summed E-state index contributed by atoms with van der Waals surface area (Å²) in [6, 6.07) is 9.45. The summed E-state index contributed by atoms with van der Waals surface area (Å²) in [6.07, 6.45) is 2.41. The van der Waals surface area contributed by atoms with Crippen LogP contribution in [0.2, 0.25) is 0 Å². The molecule has 1 heterocycles. The first-order valence-electron chi connectivity index (χ1n) is 5.37. The lowest BCUT2D eigenvalue weighted by Crippen LogP contribution is -2.23. The minimum absolute atomic E-state index is 0.326. The van der Waals surface area contributed by atoms with Crippen LogP contribution in [0, 0.1) is 0 Å². The van der Waals surface area contributed by atoms with Crippen LogP contribution in [-0.2, 0) is 9.47 Å².